The molecular weight excluding hydrogens is 312 g/mol. The minimum Gasteiger partial charge on any atom is -0.338 e. The number of nitrogens with one attached hydrogen (secondary N) is 1. The van der Waals surface area contributed by atoms with Crippen LogP contribution in [0.15, 0.2) is 4.52 Å². The number of aromatic nitrogens is 2. The van der Waals surface area contributed by atoms with Crippen LogP contribution in [-0.4, -0.2) is 82.1 Å². The highest BCUT2D eigenvalue weighted by Crippen LogP contribution is 2.23. The van der Waals surface area contributed by atoms with E-state index in [0.29, 0.717) is 24.8 Å². The summed E-state index contributed by atoms with van der Waals surface area (Å²) < 4.78 is 5.30. The van der Waals surface area contributed by atoms with E-state index >= 15 is 0 Å². The van der Waals surface area contributed by atoms with Crippen molar-refractivity contribution in [1.29, 1.82) is 0 Å². The number of amides is 3. The van der Waals surface area contributed by atoms with Crippen LogP contribution < -0.4 is 5.32 Å². The summed E-state index contributed by atoms with van der Waals surface area (Å²) >= 11 is 0. The molecule has 0 bridgehead atoms. The predicted molar refractivity (Wildman–Crippen MR) is 85.2 cm³/mol. The smallest absolute Gasteiger partial charge is 0.325 e. The van der Waals surface area contributed by atoms with E-state index in [9.17, 15) is 9.59 Å². The molecule has 3 heterocycles. The van der Waals surface area contributed by atoms with Crippen molar-refractivity contribution in [3.05, 3.63) is 11.7 Å². The monoisotopic (exact) mass is 336 g/mol. The second-order valence-electron chi connectivity index (χ2n) is 6.99. The van der Waals surface area contributed by atoms with E-state index in [-0.39, 0.29) is 18.0 Å². The van der Waals surface area contributed by atoms with Crippen LogP contribution in [0, 0.1) is 6.92 Å². The van der Waals surface area contributed by atoms with Gasteiger partial charge < -0.3 is 9.84 Å². The van der Waals surface area contributed by atoms with Gasteiger partial charge in [-0.15, -0.1) is 0 Å². The first kappa shape index (κ1) is 16.8. The summed E-state index contributed by atoms with van der Waals surface area (Å²) in [4.78, 5) is 34.2. The number of likely N-dealkylation sites (N-methyl/N-ethyl adjacent to an activating group) is 1. The number of carbonyl (C=O) groups is 2. The molecule has 24 heavy (non-hydrogen) atoms. The molecule has 2 saturated heterocycles. The normalized spacial score (nSPS) is 25.3. The summed E-state index contributed by atoms with van der Waals surface area (Å²) in [5.41, 5.74) is -0.816. The van der Waals surface area contributed by atoms with Crippen LogP contribution in [0.3, 0.4) is 0 Å². The fourth-order valence-corrected chi connectivity index (χ4v) is 3.11. The largest absolute Gasteiger partial charge is 0.338 e. The average molecular weight is 336 g/mol. The van der Waals surface area contributed by atoms with E-state index in [0.717, 1.165) is 19.6 Å². The molecule has 3 rings (SSSR count). The van der Waals surface area contributed by atoms with Crippen LogP contribution in [0.5, 0.6) is 0 Å². The number of carbonyl (C=O) groups excluding carboxylic acids is 2. The summed E-state index contributed by atoms with van der Waals surface area (Å²) in [5.74, 6) is 1.05. The second-order valence-corrected chi connectivity index (χ2v) is 6.99. The molecule has 0 aliphatic carbocycles. The molecule has 2 aliphatic heterocycles. The lowest BCUT2D eigenvalue weighted by atomic mass is 10.1. The van der Waals surface area contributed by atoms with E-state index in [1.54, 1.807) is 20.8 Å². The minimum atomic E-state index is -0.816. The molecule has 1 aromatic heterocycles. The fourth-order valence-electron chi connectivity index (χ4n) is 3.11. The summed E-state index contributed by atoms with van der Waals surface area (Å²) in [5, 5.41) is 6.56. The first-order valence-corrected chi connectivity index (χ1v) is 8.15. The van der Waals surface area contributed by atoms with Crippen LogP contribution in [0.4, 0.5) is 4.79 Å². The molecule has 9 heteroatoms. The number of hydrogen-bond acceptors (Lipinski definition) is 7. The van der Waals surface area contributed by atoms with Crippen molar-refractivity contribution in [3.63, 3.8) is 0 Å². The van der Waals surface area contributed by atoms with Gasteiger partial charge in [0, 0.05) is 32.7 Å². The fraction of sp³-hybridized carbons (Fsp3) is 0.733. The van der Waals surface area contributed by atoms with E-state index < -0.39 is 5.54 Å². The van der Waals surface area contributed by atoms with Crippen molar-refractivity contribution in [1.82, 2.24) is 30.2 Å². The zero-order valence-corrected chi connectivity index (χ0v) is 14.6. The Labute approximate surface area is 141 Å². The van der Waals surface area contributed by atoms with Crippen LogP contribution >= 0.6 is 0 Å². The Bertz CT molecular complexity index is 643. The van der Waals surface area contributed by atoms with Gasteiger partial charge in [0.15, 0.2) is 5.82 Å². The molecule has 9 nitrogen and oxygen atoms in total. The molecule has 2 fully saturated rings. The van der Waals surface area contributed by atoms with E-state index in [1.807, 2.05) is 7.05 Å². The van der Waals surface area contributed by atoms with Gasteiger partial charge in [-0.25, -0.2) is 4.79 Å². The molecule has 0 saturated carbocycles. The summed E-state index contributed by atoms with van der Waals surface area (Å²) in [6, 6.07) is -0.289. The van der Waals surface area contributed by atoms with Crippen LogP contribution in [-0.2, 0) is 4.79 Å². The zero-order valence-electron chi connectivity index (χ0n) is 14.6. The number of imide groups is 1. The van der Waals surface area contributed by atoms with Crippen molar-refractivity contribution >= 4 is 11.9 Å². The SMILES string of the molecule is Cc1noc([C@@H]2CN(CCN3C(=O)NC(C)(C)C3=O)CCN2C)n1. The highest BCUT2D eigenvalue weighted by molar-refractivity contribution is 6.06. The molecule has 1 N–H and O–H groups in total. The van der Waals surface area contributed by atoms with Gasteiger partial charge in [-0.2, -0.15) is 4.98 Å². The van der Waals surface area contributed by atoms with Gasteiger partial charge >= 0.3 is 6.03 Å². The average Bonchev–Trinajstić information content (AvgIpc) is 3.01. The first-order valence-electron chi connectivity index (χ1n) is 8.15. The van der Waals surface area contributed by atoms with Gasteiger partial charge in [0.1, 0.15) is 11.6 Å². The van der Waals surface area contributed by atoms with Crippen molar-refractivity contribution in [2.24, 2.45) is 0 Å². The maximum Gasteiger partial charge on any atom is 0.325 e. The summed E-state index contributed by atoms with van der Waals surface area (Å²) in [6.07, 6.45) is 0. The standard InChI is InChI=1S/C15H24N6O3/c1-10-16-12(24-18-10)11-9-20(6-5-19(11)4)7-8-21-13(22)15(2,3)17-14(21)23/h11H,5-9H2,1-4H3,(H,17,23)/t11-/m0/s1. The van der Waals surface area contributed by atoms with E-state index in [1.165, 1.54) is 4.90 Å². The molecule has 0 radical (unpaired) electrons. The Morgan fingerprint density at radius 2 is 2.04 bits per heavy atom. The topological polar surface area (TPSA) is 94.8 Å². The van der Waals surface area contributed by atoms with Crippen molar-refractivity contribution < 1.29 is 14.1 Å². The molecule has 1 aromatic rings. The Morgan fingerprint density at radius 3 is 2.62 bits per heavy atom. The third-order valence-electron chi connectivity index (χ3n) is 4.64. The summed E-state index contributed by atoms with van der Waals surface area (Å²) in [6.45, 7) is 8.71. The quantitative estimate of drug-likeness (QED) is 0.773. The van der Waals surface area contributed by atoms with Crippen molar-refractivity contribution in [3.8, 4) is 0 Å². The van der Waals surface area contributed by atoms with Gasteiger partial charge in [0.05, 0.1) is 0 Å². The molecular formula is C15H24N6O3. The Kier molecular flexibility index (Phi) is 4.31. The number of aryl methyl sites for hydroxylation is 1. The number of urea groups is 1. The number of piperazine rings is 1. The first-order chi connectivity index (χ1) is 11.3. The highest BCUT2D eigenvalue weighted by Gasteiger charge is 2.44. The third-order valence-corrected chi connectivity index (χ3v) is 4.64. The van der Waals surface area contributed by atoms with Gasteiger partial charge in [-0.1, -0.05) is 5.16 Å². The molecule has 0 unspecified atom stereocenters. The Hall–Kier alpha value is -2.00. The summed E-state index contributed by atoms with van der Waals surface area (Å²) in [7, 11) is 2.03. The van der Waals surface area contributed by atoms with Gasteiger partial charge in [-0.05, 0) is 27.8 Å². The number of nitrogens with zero attached hydrogens (tertiary/aromatic N) is 5. The molecule has 3 amide bonds. The molecule has 0 spiro atoms. The molecule has 1 atom stereocenters. The van der Waals surface area contributed by atoms with E-state index in [4.69, 9.17) is 4.52 Å². The van der Waals surface area contributed by atoms with Gasteiger partial charge in [0.2, 0.25) is 5.89 Å². The van der Waals surface area contributed by atoms with Crippen LogP contribution in [0.25, 0.3) is 0 Å². The minimum absolute atomic E-state index is 0.0273. The molecule has 0 aromatic carbocycles. The lowest BCUT2D eigenvalue weighted by Crippen LogP contribution is -2.49. The number of rotatable bonds is 4. The third kappa shape index (κ3) is 3.13. The second kappa shape index (κ2) is 6.14. The number of hydrogen-bond donors (Lipinski definition) is 1. The van der Waals surface area contributed by atoms with Crippen molar-refractivity contribution in [2.45, 2.75) is 32.4 Å². The maximum atomic E-state index is 12.2. The molecule has 2 aliphatic rings. The lowest BCUT2D eigenvalue weighted by Gasteiger charge is -2.37. The molecule has 132 valence electrons. The van der Waals surface area contributed by atoms with Gasteiger partial charge in [-0.3, -0.25) is 19.5 Å². The lowest BCUT2D eigenvalue weighted by molar-refractivity contribution is -0.130. The van der Waals surface area contributed by atoms with Crippen molar-refractivity contribution in [2.75, 3.05) is 39.8 Å². The Morgan fingerprint density at radius 1 is 1.29 bits per heavy atom. The predicted octanol–water partition coefficient (Wildman–Crippen LogP) is -0.00308. The van der Waals surface area contributed by atoms with Crippen LogP contribution in [0.1, 0.15) is 31.6 Å². The van der Waals surface area contributed by atoms with E-state index in [2.05, 4.69) is 25.3 Å². The van der Waals surface area contributed by atoms with Gasteiger partial charge in [0.25, 0.3) is 5.91 Å². The Balaban J connectivity index is 1.60. The maximum absolute atomic E-state index is 12.2. The highest BCUT2D eigenvalue weighted by atomic mass is 16.5. The van der Waals surface area contributed by atoms with Crippen LogP contribution in [0.2, 0.25) is 0 Å². The zero-order chi connectivity index (χ0) is 17.5.